The van der Waals surface area contributed by atoms with E-state index in [0.29, 0.717) is 0 Å². The van der Waals surface area contributed by atoms with Crippen LogP contribution in [0.15, 0.2) is 0 Å². The molecular weight excluding hydrogens is 252 g/mol. The Bertz CT molecular complexity index is 104. The van der Waals surface area contributed by atoms with E-state index in [1.807, 2.05) is 0 Å². The lowest BCUT2D eigenvalue weighted by molar-refractivity contribution is 0.532. The summed E-state index contributed by atoms with van der Waals surface area (Å²) in [5, 5.41) is 20.7. The van der Waals surface area contributed by atoms with Crippen molar-refractivity contribution in [3.8, 4) is 0 Å². The van der Waals surface area contributed by atoms with Crippen molar-refractivity contribution in [3.05, 3.63) is 0 Å². The Hall–Kier alpha value is -0.240. The Balaban J connectivity index is 2.00. The molecule has 0 unspecified atom stereocenters. The standard InChI is InChI=1S/C14H34N6/c1-3-15-7-8-16-4-2-6-18-10-12-20-14-13-19-11-9-17-5-1/h15-20H,1-14H2. The van der Waals surface area contributed by atoms with Crippen LogP contribution in [0.5, 0.6) is 0 Å². The van der Waals surface area contributed by atoms with Crippen LogP contribution in [0.25, 0.3) is 0 Å². The van der Waals surface area contributed by atoms with E-state index in [2.05, 4.69) is 31.9 Å². The molecule has 0 bridgehead atoms. The molecule has 6 nitrogen and oxygen atoms in total. The zero-order valence-electron chi connectivity index (χ0n) is 12.9. The predicted octanol–water partition coefficient (Wildman–Crippen LogP) is -1.68. The number of rotatable bonds is 0. The molecule has 0 aromatic heterocycles. The van der Waals surface area contributed by atoms with Crippen LogP contribution in [0, 0.1) is 0 Å². The van der Waals surface area contributed by atoms with Crippen LogP contribution >= 0.6 is 0 Å². The smallest absolute Gasteiger partial charge is 0.00772 e. The highest BCUT2D eigenvalue weighted by Gasteiger charge is 1.93. The second-order valence-electron chi connectivity index (χ2n) is 5.21. The van der Waals surface area contributed by atoms with E-state index in [1.54, 1.807) is 0 Å². The van der Waals surface area contributed by atoms with Crippen LogP contribution in [0.3, 0.4) is 0 Å². The molecule has 1 fully saturated rings. The first-order valence-electron chi connectivity index (χ1n) is 8.24. The van der Waals surface area contributed by atoms with Gasteiger partial charge in [-0.25, -0.2) is 0 Å². The topological polar surface area (TPSA) is 72.2 Å². The van der Waals surface area contributed by atoms with Gasteiger partial charge in [-0.05, 0) is 39.0 Å². The van der Waals surface area contributed by atoms with Crippen molar-refractivity contribution in [1.29, 1.82) is 0 Å². The molecule has 1 rings (SSSR count). The minimum absolute atomic E-state index is 1.05. The minimum atomic E-state index is 1.05. The summed E-state index contributed by atoms with van der Waals surface area (Å²) in [7, 11) is 0. The summed E-state index contributed by atoms with van der Waals surface area (Å²) < 4.78 is 0. The Labute approximate surface area is 124 Å². The average Bonchev–Trinajstić information content (AvgIpc) is 2.46. The fourth-order valence-corrected chi connectivity index (χ4v) is 2.13. The van der Waals surface area contributed by atoms with Gasteiger partial charge in [0.25, 0.3) is 0 Å². The largest absolute Gasteiger partial charge is 0.315 e. The third-order valence-electron chi connectivity index (χ3n) is 3.33. The van der Waals surface area contributed by atoms with Gasteiger partial charge in [0.2, 0.25) is 0 Å². The van der Waals surface area contributed by atoms with Gasteiger partial charge in [0.15, 0.2) is 0 Å². The Morgan fingerprint density at radius 3 is 0.700 bits per heavy atom. The van der Waals surface area contributed by atoms with Gasteiger partial charge >= 0.3 is 0 Å². The Morgan fingerprint density at radius 2 is 0.450 bits per heavy atom. The fraction of sp³-hybridized carbons (Fsp3) is 1.00. The summed E-state index contributed by atoms with van der Waals surface area (Å²) in [5.74, 6) is 0. The lowest BCUT2D eigenvalue weighted by Crippen LogP contribution is -2.36. The van der Waals surface area contributed by atoms with E-state index >= 15 is 0 Å². The van der Waals surface area contributed by atoms with Crippen molar-refractivity contribution in [3.63, 3.8) is 0 Å². The number of hydrogen-bond acceptors (Lipinski definition) is 6. The highest BCUT2D eigenvalue weighted by Crippen LogP contribution is 1.75. The quantitative estimate of drug-likeness (QED) is 0.320. The van der Waals surface area contributed by atoms with Gasteiger partial charge in [-0.15, -0.1) is 0 Å². The van der Waals surface area contributed by atoms with Crippen molar-refractivity contribution in [2.45, 2.75) is 12.8 Å². The SMILES string of the molecule is C1CNCCNCCCNCCNCCNCCNC1. The molecule has 1 saturated heterocycles. The molecule has 6 heteroatoms. The third-order valence-corrected chi connectivity index (χ3v) is 3.33. The highest BCUT2D eigenvalue weighted by molar-refractivity contribution is 4.59. The maximum absolute atomic E-state index is 3.47. The summed E-state index contributed by atoms with van der Waals surface area (Å²) in [5.41, 5.74) is 0. The molecule has 1 aliphatic heterocycles. The first-order chi connectivity index (χ1) is 10.0. The lowest BCUT2D eigenvalue weighted by atomic mass is 10.4. The highest BCUT2D eigenvalue weighted by atomic mass is 15.0. The van der Waals surface area contributed by atoms with Crippen LogP contribution in [0.4, 0.5) is 0 Å². The zero-order chi connectivity index (χ0) is 14.1. The van der Waals surface area contributed by atoms with E-state index in [0.717, 1.165) is 78.5 Å². The first-order valence-corrected chi connectivity index (χ1v) is 8.24. The molecule has 1 heterocycles. The van der Waals surface area contributed by atoms with E-state index in [4.69, 9.17) is 0 Å². The van der Waals surface area contributed by atoms with Gasteiger partial charge in [0, 0.05) is 52.4 Å². The summed E-state index contributed by atoms with van der Waals surface area (Å²) in [6.45, 7) is 12.9. The normalized spacial score (nSPS) is 24.0. The second-order valence-corrected chi connectivity index (χ2v) is 5.21. The molecule has 120 valence electrons. The maximum atomic E-state index is 3.47. The third kappa shape index (κ3) is 12.8. The summed E-state index contributed by atoms with van der Waals surface area (Å²) in [6.07, 6.45) is 2.40. The van der Waals surface area contributed by atoms with Gasteiger partial charge in [-0.3, -0.25) is 0 Å². The van der Waals surface area contributed by atoms with E-state index in [9.17, 15) is 0 Å². The van der Waals surface area contributed by atoms with Crippen LogP contribution in [0.2, 0.25) is 0 Å². The van der Waals surface area contributed by atoms with Crippen molar-refractivity contribution in [2.75, 3.05) is 78.5 Å². The predicted molar refractivity (Wildman–Crippen MR) is 86.5 cm³/mol. The van der Waals surface area contributed by atoms with E-state index in [1.165, 1.54) is 12.8 Å². The van der Waals surface area contributed by atoms with Gasteiger partial charge in [0.1, 0.15) is 0 Å². The summed E-state index contributed by atoms with van der Waals surface area (Å²) in [4.78, 5) is 0. The molecule has 0 amide bonds. The molecule has 0 radical (unpaired) electrons. The summed E-state index contributed by atoms with van der Waals surface area (Å²) >= 11 is 0. The van der Waals surface area contributed by atoms with Gasteiger partial charge in [-0.1, -0.05) is 0 Å². The van der Waals surface area contributed by atoms with Crippen molar-refractivity contribution >= 4 is 0 Å². The van der Waals surface area contributed by atoms with E-state index < -0.39 is 0 Å². The molecule has 20 heavy (non-hydrogen) atoms. The molecule has 6 N–H and O–H groups in total. The first kappa shape index (κ1) is 17.8. The van der Waals surface area contributed by atoms with Crippen molar-refractivity contribution in [2.24, 2.45) is 0 Å². The molecule has 0 saturated carbocycles. The molecular formula is C14H34N6. The van der Waals surface area contributed by atoms with Gasteiger partial charge in [-0.2, -0.15) is 0 Å². The lowest BCUT2D eigenvalue weighted by Gasteiger charge is -2.10. The second kappa shape index (κ2) is 15.2. The maximum Gasteiger partial charge on any atom is 0.00772 e. The monoisotopic (exact) mass is 286 g/mol. The molecule has 0 aromatic rings. The van der Waals surface area contributed by atoms with Crippen LogP contribution < -0.4 is 31.9 Å². The molecule has 0 aliphatic carbocycles. The van der Waals surface area contributed by atoms with E-state index in [-0.39, 0.29) is 0 Å². The van der Waals surface area contributed by atoms with Crippen LogP contribution in [-0.2, 0) is 0 Å². The average molecular weight is 286 g/mol. The van der Waals surface area contributed by atoms with Crippen molar-refractivity contribution in [1.82, 2.24) is 31.9 Å². The van der Waals surface area contributed by atoms with Gasteiger partial charge in [0.05, 0.1) is 0 Å². The molecule has 0 aromatic carbocycles. The molecule has 1 aliphatic rings. The number of hydrogen-bond donors (Lipinski definition) is 6. The van der Waals surface area contributed by atoms with Gasteiger partial charge < -0.3 is 31.9 Å². The zero-order valence-corrected chi connectivity index (χ0v) is 12.9. The van der Waals surface area contributed by atoms with Crippen molar-refractivity contribution < 1.29 is 0 Å². The minimum Gasteiger partial charge on any atom is -0.315 e. The molecule has 0 atom stereocenters. The van der Waals surface area contributed by atoms with Crippen LogP contribution in [0.1, 0.15) is 12.8 Å². The van der Waals surface area contributed by atoms with Crippen LogP contribution in [-0.4, -0.2) is 78.5 Å². The molecule has 0 spiro atoms. The Kier molecular flexibility index (Phi) is 13.5. The Morgan fingerprint density at radius 1 is 0.250 bits per heavy atom. The summed E-state index contributed by atoms with van der Waals surface area (Å²) in [6, 6.07) is 0. The number of nitrogens with one attached hydrogen (secondary N) is 6. The fourth-order valence-electron chi connectivity index (χ4n) is 2.13.